The van der Waals surface area contributed by atoms with Gasteiger partial charge in [0.1, 0.15) is 18.2 Å². The molecule has 1 aliphatic heterocycles. The first-order valence-corrected chi connectivity index (χ1v) is 7.82. The highest BCUT2D eigenvalue weighted by Gasteiger charge is 2.27. The largest absolute Gasteiger partial charge is 0.507 e. The molecular formula is C18H17FN2O4. The standard InChI is InChI=1S/C18H17FN2O4/c1-2-13(12-9-11(19)7-8-14(12)22)20-21-18(23)17-10-24-15-5-3-4-6-16(15)25-17/h3-9,17,22H,2,10H2,1H3,(H,21,23)/b20-13+/t17-/m0/s1. The highest BCUT2D eigenvalue weighted by Crippen LogP contribution is 2.30. The van der Waals surface area contributed by atoms with E-state index in [4.69, 9.17) is 9.47 Å². The average Bonchev–Trinajstić information content (AvgIpc) is 2.64. The molecule has 0 aromatic heterocycles. The third-order valence-corrected chi connectivity index (χ3v) is 3.71. The zero-order valence-corrected chi connectivity index (χ0v) is 13.5. The van der Waals surface area contributed by atoms with Crippen LogP contribution in [0.3, 0.4) is 0 Å². The Bertz CT molecular complexity index is 822. The summed E-state index contributed by atoms with van der Waals surface area (Å²) >= 11 is 0. The highest BCUT2D eigenvalue weighted by atomic mass is 19.1. The Morgan fingerprint density at radius 2 is 2.08 bits per heavy atom. The van der Waals surface area contributed by atoms with E-state index < -0.39 is 17.8 Å². The Labute approximate surface area is 143 Å². The summed E-state index contributed by atoms with van der Waals surface area (Å²) < 4.78 is 24.5. The number of para-hydroxylation sites is 2. The van der Waals surface area contributed by atoms with Gasteiger partial charge in [0.2, 0.25) is 6.10 Å². The molecule has 1 aliphatic rings. The molecule has 2 aromatic rings. The smallest absolute Gasteiger partial charge is 0.284 e. The van der Waals surface area contributed by atoms with E-state index in [-0.39, 0.29) is 17.9 Å². The van der Waals surface area contributed by atoms with Gasteiger partial charge in [0.05, 0.1) is 5.71 Å². The number of amides is 1. The van der Waals surface area contributed by atoms with Crippen molar-refractivity contribution in [2.45, 2.75) is 19.4 Å². The van der Waals surface area contributed by atoms with Crippen LogP contribution in [0.4, 0.5) is 4.39 Å². The summed E-state index contributed by atoms with van der Waals surface area (Å²) in [6, 6.07) is 10.6. The Morgan fingerprint density at radius 3 is 2.84 bits per heavy atom. The molecular weight excluding hydrogens is 327 g/mol. The fraction of sp³-hybridized carbons (Fsp3) is 0.222. The molecule has 2 aromatic carbocycles. The van der Waals surface area contributed by atoms with Gasteiger partial charge in [-0.25, -0.2) is 9.82 Å². The minimum atomic E-state index is -0.849. The van der Waals surface area contributed by atoms with E-state index in [0.29, 0.717) is 23.6 Å². The van der Waals surface area contributed by atoms with Gasteiger partial charge in [0, 0.05) is 5.56 Å². The number of halogens is 1. The van der Waals surface area contributed by atoms with Gasteiger partial charge < -0.3 is 14.6 Å². The van der Waals surface area contributed by atoms with Crippen molar-refractivity contribution in [3.63, 3.8) is 0 Å². The van der Waals surface area contributed by atoms with Crippen LogP contribution in [0, 0.1) is 5.82 Å². The number of aromatic hydroxyl groups is 1. The van der Waals surface area contributed by atoms with Gasteiger partial charge in [0.15, 0.2) is 11.5 Å². The molecule has 0 fully saturated rings. The first kappa shape index (κ1) is 16.8. The number of fused-ring (bicyclic) bond motifs is 1. The lowest BCUT2D eigenvalue weighted by Crippen LogP contribution is -2.42. The number of carbonyl (C=O) groups excluding carboxylic acids is 1. The normalized spacial score (nSPS) is 16.4. The van der Waals surface area contributed by atoms with Crippen molar-refractivity contribution in [3.05, 3.63) is 53.8 Å². The lowest BCUT2D eigenvalue weighted by Gasteiger charge is -2.24. The van der Waals surface area contributed by atoms with Crippen LogP contribution in [-0.4, -0.2) is 29.4 Å². The summed E-state index contributed by atoms with van der Waals surface area (Å²) in [5, 5.41) is 13.9. The molecule has 0 unspecified atom stereocenters. The van der Waals surface area contributed by atoms with Crippen LogP contribution in [0.5, 0.6) is 17.2 Å². The monoisotopic (exact) mass is 344 g/mol. The predicted molar refractivity (Wildman–Crippen MR) is 89.4 cm³/mol. The minimum Gasteiger partial charge on any atom is -0.507 e. The summed E-state index contributed by atoms with van der Waals surface area (Å²) in [4.78, 5) is 12.3. The van der Waals surface area contributed by atoms with Crippen LogP contribution in [0.1, 0.15) is 18.9 Å². The molecule has 0 radical (unpaired) electrons. The van der Waals surface area contributed by atoms with Crippen molar-refractivity contribution in [2.75, 3.05) is 6.61 Å². The number of nitrogens with zero attached hydrogens (tertiary/aromatic N) is 1. The summed E-state index contributed by atoms with van der Waals surface area (Å²) in [6.07, 6.45) is -0.458. The van der Waals surface area contributed by atoms with Crippen molar-refractivity contribution in [1.82, 2.24) is 5.43 Å². The molecule has 6 nitrogen and oxygen atoms in total. The molecule has 0 spiro atoms. The molecule has 7 heteroatoms. The Morgan fingerprint density at radius 1 is 1.32 bits per heavy atom. The third kappa shape index (κ3) is 3.71. The number of hydrogen-bond donors (Lipinski definition) is 2. The van der Waals surface area contributed by atoms with Gasteiger partial charge in [-0.2, -0.15) is 5.10 Å². The minimum absolute atomic E-state index is 0.0606. The molecule has 25 heavy (non-hydrogen) atoms. The summed E-state index contributed by atoms with van der Waals surface area (Å²) in [5.74, 6) is -0.0370. The fourth-order valence-electron chi connectivity index (χ4n) is 2.41. The molecule has 1 heterocycles. The van der Waals surface area contributed by atoms with Crippen LogP contribution in [0.2, 0.25) is 0 Å². The molecule has 3 rings (SSSR count). The van der Waals surface area contributed by atoms with E-state index in [0.717, 1.165) is 6.07 Å². The topological polar surface area (TPSA) is 80.2 Å². The van der Waals surface area contributed by atoms with E-state index >= 15 is 0 Å². The second kappa shape index (κ2) is 7.21. The summed E-state index contributed by atoms with van der Waals surface area (Å²) in [6.45, 7) is 1.84. The number of benzene rings is 2. The molecule has 2 N–H and O–H groups in total. The van der Waals surface area contributed by atoms with E-state index in [9.17, 15) is 14.3 Å². The Hall–Kier alpha value is -3.09. The third-order valence-electron chi connectivity index (χ3n) is 3.71. The predicted octanol–water partition coefficient (Wildman–Crippen LogP) is 2.60. The number of nitrogens with one attached hydrogen (secondary N) is 1. The van der Waals surface area contributed by atoms with Gasteiger partial charge in [-0.1, -0.05) is 19.1 Å². The Kier molecular flexibility index (Phi) is 4.83. The second-order valence-corrected chi connectivity index (χ2v) is 5.41. The van der Waals surface area contributed by atoms with Gasteiger partial charge in [-0.15, -0.1) is 0 Å². The van der Waals surface area contributed by atoms with Crippen LogP contribution >= 0.6 is 0 Å². The van der Waals surface area contributed by atoms with Gasteiger partial charge in [0.25, 0.3) is 5.91 Å². The molecule has 0 aliphatic carbocycles. The van der Waals surface area contributed by atoms with E-state index in [1.165, 1.54) is 12.1 Å². The molecule has 0 saturated heterocycles. The number of ether oxygens (including phenoxy) is 2. The second-order valence-electron chi connectivity index (χ2n) is 5.41. The molecule has 0 bridgehead atoms. The van der Waals surface area contributed by atoms with Crippen LogP contribution in [0.15, 0.2) is 47.6 Å². The number of phenols is 1. The van der Waals surface area contributed by atoms with Crippen molar-refractivity contribution in [2.24, 2.45) is 5.10 Å². The van der Waals surface area contributed by atoms with Gasteiger partial charge in [-0.3, -0.25) is 4.79 Å². The Balaban J connectivity index is 1.72. The van der Waals surface area contributed by atoms with E-state index in [1.54, 1.807) is 25.1 Å². The number of hydrazone groups is 1. The highest BCUT2D eigenvalue weighted by molar-refractivity contribution is 6.03. The maximum Gasteiger partial charge on any atom is 0.284 e. The quantitative estimate of drug-likeness (QED) is 0.660. The first-order chi connectivity index (χ1) is 12.1. The summed E-state index contributed by atoms with van der Waals surface area (Å²) in [5.41, 5.74) is 2.97. The number of rotatable bonds is 4. The van der Waals surface area contributed by atoms with Crippen molar-refractivity contribution in [1.29, 1.82) is 0 Å². The number of hydrogen-bond acceptors (Lipinski definition) is 5. The molecule has 130 valence electrons. The number of phenolic OH excluding ortho intramolecular Hbond substituents is 1. The SMILES string of the molecule is CC/C(=N\NC(=O)[C@@H]1COc2ccccc2O1)c1cc(F)ccc1O. The molecule has 1 amide bonds. The average molecular weight is 344 g/mol. The van der Waals surface area contributed by atoms with Crippen molar-refractivity contribution < 1.29 is 23.8 Å². The van der Waals surface area contributed by atoms with Gasteiger partial charge >= 0.3 is 0 Å². The maximum atomic E-state index is 13.4. The van der Waals surface area contributed by atoms with Crippen LogP contribution in [0.25, 0.3) is 0 Å². The van der Waals surface area contributed by atoms with Crippen LogP contribution < -0.4 is 14.9 Å². The maximum absolute atomic E-state index is 13.4. The van der Waals surface area contributed by atoms with Crippen LogP contribution in [-0.2, 0) is 4.79 Å². The van der Waals surface area contributed by atoms with Gasteiger partial charge in [-0.05, 0) is 36.8 Å². The van der Waals surface area contributed by atoms with E-state index in [2.05, 4.69) is 10.5 Å². The first-order valence-electron chi connectivity index (χ1n) is 7.82. The molecule has 0 saturated carbocycles. The molecule has 1 atom stereocenters. The van der Waals surface area contributed by atoms with E-state index in [1.807, 2.05) is 6.07 Å². The lowest BCUT2D eigenvalue weighted by atomic mass is 10.1. The fourth-order valence-corrected chi connectivity index (χ4v) is 2.41. The van der Waals surface area contributed by atoms with Crippen molar-refractivity contribution >= 4 is 11.6 Å². The lowest BCUT2D eigenvalue weighted by molar-refractivity contribution is -0.130. The number of carbonyl (C=O) groups is 1. The zero-order valence-electron chi connectivity index (χ0n) is 13.5. The zero-order chi connectivity index (χ0) is 17.8. The summed E-state index contributed by atoms with van der Waals surface area (Å²) in [7, 11) is 0. The van der Waals surface area contributed by atoms with Crippen molar-refractivity contribution in [3.8, 4) is 17.2 Å².